The van der Waals surface area contributed by atoms with Crippen molar-refractivity contribution in [1.29, 1.82) is 0 Å². The van der Waals surface area contributed by atoms with E-state index >= 15 is 0 Å². The lowest BCUT2D eigenvalue weighted by Crippen LogP contribution is -2.61. The molecule has 0 saturated heterocycles. The van der Waals surface area contributed by atoms with Gasteiger partial charge < -0.3 is 9.79 Å². The number of alkyl halides is 9. The first-order valence-electron chi connectivity index (χ1n) is 9.05. The Morgan fingerprint density at radius 1 is 0.931 bits per heavy atom. The van der Waals surface area contributed by atoms with Gasteiger partial charge in [-0.15, -0.1) is 0 Å². The second-order valence-corrected chi connectivity index (χ2v) is 7.39. The van der Waals surface area contributed by atoms with Gasteiger partial charge in [0.1, 0.15) is 12.3 Å². The molecule has 3 nitrogen and oxygen atoms in total. The van der Waals surface area contributed by atoms with Gasteiger partial charge in [0.2, 0.25) is 0 Å². The Labute approximate surface area is 163 Å². The summed E-state index contributed by atoms with van der Waals surface area (Å²) in [4.78, 5) is 14.3. The molecule has 1 aliphatic carbocycles. The number of rotatable bonds is 10. The maximum absolute atomic E-state index is 14.3. The summed E-state index contributed by atoms with van der Waals surface area (Å²) >= 11 is 0. The zero-order chi connectivity index (χ0) is 22.8. The van der Waals surface area contributed by atoms with Gasteiger partial charge in [-0.3, -0.25) is 8.96 Å². The van der Waals surface area contributed by atoms with Crippen LogP contribution in [-0.4, -0.2) is 65.3 Å². The standard InChI is InChI=1S/C16H23F9.H3O3P/c17-7-5-3-1-2-4-6-9(18)12(21)14(23)16(25)8-10(19)11(20)13(22)15(16)24;1-4(2)3/h9-15H,1-8H2;4H,(H2,1,2,3). The summed E-state index contributed by atoms with van der Waals surface area (Å²) in [5.41, 5.74) is -3.97. The lowest BCUT2D eigenvalue weighted by atomic mass is 9.76. The molecule has 176 valence electrons. The van der Waals surface area contributed by atoms with Gasteiger partial charge in [0.25, 0.3) is 0 Å². The Kier molecular flexibility index (Phi) is 13.5. The van der Waals surface area contributed by atoms with Gasteiger partial charge in [0.15, 0.2) is 36.5 Å². The summed E-state index contributed by atoms with van der Waals surface area (Å²) in [6.45, 7) is -0.490. The van der Waals surface area contributed by atoms with Crippen molar-refractivity contribution in [3.05, 3.63) is 0 Å². The predicted molar refractivity (Wildman–Crippen MR) is 89.8 cm³/mol. The van der Waals surface area contributed by atoms with Crippen molar-refractivity contribution in [2.24, 2.45) is 0 Å². The molecule has 2 N–H and O–H groups in total. The van der Waals surface area contributed by atoms with Crippen LogP contribution in [0.5, 0.6) is 0 Å². The maximum Gasteiger partial charge on any atom is 0.314 e. The third-order valence-electron chi connectivity index (χ3n) is 4.59. The van der Waals surface area contributed by atoms with Crippen molar-refractivity contribution >= 4 is 8.25 Å². The molecule has 1 saturated carbocycles. The van der Waals surface area contributed by atoms with E-state index in [-0.39, 0.29) is 6.42 Å². The Hall–Kier alpha value is -0.480. The van der Waals surface area contributed by atoms with Gasteiger partial charge in [-0.1, -0.05) is 25.7 Å². The minimum Gasteiger partial charge on any atom is -0.326 e. The summed E-state index contributed by atoms with van der Waals surface area (Å²) in [5, 5.41) is 0. The lowest BCUT2D eigenvalue weighted by molar-refractivity contribution is -0.151. The fourth-order valence-corrected chi connectivity index (χ4v) is 2.99. The average molecular weight is 468 g/mol. The molecule has 0 aliphatic heterocycles. The number of unbranched alkanes of at least 4 members (excludes halogenated alkanes) is 4. The van der Waals surface area contributed by atoms with Crippen LogP contribution in [-0.2, 0) is 4.57 Å². The van der Waals surface area contributed by atoms with E-state index < -0.39 is 76.6 Å². The molecule has 0 aromatic heterocycles. The van der Waals surface area contributed by atoms with Crippen LogP contribution in [0.15, 0.2) is 0 Å². The Bertz CT molecular complexity index is 475. The van der Waals surface area contributed by atoms with E-state index in [1.807, 2.05) is 0 Å². The number of hydrogen-bond donors (Lipinski definition) is 2. The highest BCUT2D eigenvalue weighted by Crippen LogP contribution is 2.44. The molecule has 0 aromatic rings. The molecule has 1 aliphatic rings. The van der Waals surface area contributed by atoms with E-state index in [0.717, 1.165) is 0 Å². The van der Waals surface area contributed by atoms with E-state index in [9.17, 15) is 39.5 Å². The Morgan fingerprint density at radius 2 is 1.41 bits per heavy atom. The molecule has 13 heteroatoms. The van der Waals surface area contributed by atoms with Crippen molar-refractivity contribution < 1.29 is 53.9 Å². The molecule has 0 heterocycles. The Morgan fingerprint density at radius 3 is 1.93 bits per heavy atom. The summed E-state index contributed by atoms with van der Waals surface area (Å²) in [6, 6.07) is 0. The fourth-order valence-electron chi connectivity index (χ4n) is 2.99. The van der Waals surface area contributed by atoms with Gasteiger partial charge in [0, 0.05) is 6.42 Å². The molecule has 29 heavy (non-hydrogen) atoms. The van der Waals surface area contributed by atoms with Gasteiger partial charge in [-0.2, -0.15) is 0 Å². The zero-order valence-corrected chi connectivity index (χ0v) is 16.4. The van der Waals surface area contributed by atoms with Crippen LogP contribution >= 0.6 is 8.25 Å². The third-order valence-corrected chi connectivity index (χ3v) is 4.59. The number of halogens is 9. The maximum atomic E-state index is 14.3. The number of hydrogen-bond acceptors (Lipinski definition) is 1. The van der Waals surface area contributed by atoms with E-state index in [2.05, 4.69) is 0 Å². The molecule has 8 atom stereocenters. The molecule has 1 rings (SSSR count). The summed E-state index contributed by atoms with van der Waals surface area (Å²) in [5.74, 6) is 0. The topological polar surface area (TPSA) is 57.5 Å². The second kappa shape index (κ2) is 13.7. The molecular formula is C16H26F9O3P. The summed E-state index contributed by atoms with van der Waals surface area (Å²) < 4.78 is 130. The van der Waals surface area contributed by atoms with Gasteiger partial charge in [-0.05, 0) is 12.8 Å². The molecule has 0 radical (unpaired) electrons. The quantitative estimate of drug-likeness (QED) is 0.265. The van der Waals surface area contributed by atoms with Crippen molar-refractivity contribution in [1.82, 2.24) is 0 Å². The van der Waals surface area contributed by atoms with Gasteiger partial charge in [-0.25, -0.2) is 35.1 Å². The van der Waals surface area contributed by atoms with E-state index in [0.29, 0.717) is 25.7 Å². The highest BCUT2D eigenvalue weighted by molar-refractivity contribution is 7.30. The Balaban J connectivity index is 0.00000178. The molecule has 0 spiro atoms. The molecule has 0 amide bonds. The van der Waals surface area contributed by atoms with E-state index in [4.69, 9.17) is 14.4 Å². The van der Waals surface area contributed by atoms with Crippen molar-refractivity contribution in [3.63, 3.8) is 0 Å². The monoisotopic (exact) mass is 468 g/mol. The summed E-state index contributed by atoms with van der Waals surface area (Å²) in [6.07, 6.45) is -21.8. The van der Waals surface area contributed by atoms with E-state index in [1.54, 1.807) is 0 Å². The first-order chi connectivity index (χ1) is 13.4. The second-order valence-electron chi connectivity index (χ2n) is 6.83. The van der Waals surface area contributed by atoms with E-state index in [1.165, 1.54) is 0 Å². The largest absolute Gasteiger partial charge is 0.326 e. The van der Waals surface area contributed by atoms with Crippen LogP contribution in [0.25, 0.3) is 0 Å². The first-order valence-corrected chi connectivity index (χ1v) is 10.4. The lowest BCUT2D eigenvalue weighted by Gasteiger charge is -2.41. The SMILES string of the molecule is FCCCCCCCC(F)C(F)C(F)C1(F)CC(F)C(F)C(F)C1F.O=[PH](O)O. The fraction of sp³-hybridized carbons (Fsp3) is 1.00. The highest BCUT2D eigenvalue weighted by atomic mass is 31.1. The van der Waals surface area contributed by atoms with Crippen LogP contribution in [0.4, 0.5) is 39.5 Å². The van der Waals surface area contributed by atoms with Crippen LogP contribution in [0.2, 0.25) is 0 Å². The molecule has 8 unspecified atom stereocenters. The highest BCUT2D eigenvalue weighted by Gasteiger charge is 2.63. The van der Waals surface area contributed by atoms with Crippen molar-refractivity contribution in [3.8, 4) is 0 Å². The third kappa shape index (κ3) is 9.04. The zero-order valence-electron chi connectivity index (χ0n) is 15.4. The van der Waals surface area contributed by atoms with Crippen LogP contribution in [0, 0.1) is 0 Å². The van der Waals surface area contributed by atoms with Gasteiger partial charge >= 0.3 is 8.25 Å². The summed E-state index contributed by atoms with van der Waals surface area (Å²) in [7, 11) is -3.13. The minimum absolute atomic E-state index is 0.114. The molecular weight excluding hydrogens is 442 g/mol. The molecule has 0 aromatic carbocycles. The van der Waals surface area contributed by atoms with Crippen LogP contribution in [0.1, 0.15) is 44.9 Å². The smallest absolute Gasteiger partial charge is 0.314 e. The van der Waals surface area contributed by atoms with Gasteiger partial charge in [0.05, 0.1) is 6.67 Å². The first kappa shape index (κ1) is 28.5. The molecule has 1 fully saturated rings. The minimum atomic E-state index is -3.97. The van der Waals surface area contributed by atoms with Crippen molar-refractivity contribution in [2.75, 3.05) is 6.67 Å². The molecule has 0 bridgehead atoms. The normalized spacial score (nSPS) is 33.0. The van der Waals surface area contributed by atoms with Crippen LogP contribution in [0.3, 0.4) is 0 Å². The predicted octanol–water partition coefficient (Wildman–Crippen LogP) is 5.14. The van der Waals surface area contributed by atoms with Crippen molar-refractivity contribution in [2.45, 2.75) is 93.8 Å². The van der Waals surface area contributed by atoms with Crippen LogP contribution < -0.4 is 0 Å². The average Bonchev–Trinajstić information content (AvgIpc) is 2.65.